The number of hydrogen-bond acceptors (Lipinski definition) is 3. The Bertz CT molecular complexity index is 959. The van der Waals surface area contributed by atoms with E-state index in [1.54, 1.807) is 11.3 Å². The first kappa shape index (κ1) is 19.6. The van der Waals surface area contributed by atoms with Gasteiger partial charge in [0.2, 0.25) is 0 Å². The van der Waals surface area contributed by atoms with E-state index in [1.807, 2.05) is 54.6 Å². The molecule has 3 aromatic rings. The van der Waals surface area contributed by atoms with Gasteiger partial charge >= 0.3 is 0 Å². The third kappa shape index (κ3) is 4.78. The fraction of sp³-hybridized carbons (Fsp3) is 0.182. The Kier molecular flexibility index (Phi) is 6.45. The predicted molar refractivity (Wildman–Crippen MR) is 115 cm³/mol. The lowest BCUT2D eigenvalue weighted by atomic mass is 9.97. The Morgan fingerprint density at radius 1 is 1.04 bits per heavy atom. The van der Waals surface area contributed by atoms with Crippen LogP contribution in [0.5, 0.6) is 5.75 Å². The molecule has 0 atom stereocenters. The molecule has 3 rings (SSSR count). The monoisotopic (exact) mass is 393 g/mol. The van der Waals surface area contributed by atoms with Gasteiger partial charge < -0.3 is 16.2 Å². The summed E-state index contributed by atoms with van der Waals surface area (Å²) in [6, 6.07) is 17.9. The van der Waals surface area contributed by atoms with Crippen molar-refractivity contribution in [1.82, 2.24) is 0 Å². The Morgan fingerprint density at radius 2 is 1.75 bits per heavy atom. The Labute approximate surface area is 168 Å². The summed E-state index contributed by atoms with van der Waals surface area (Å²) in [7, 11) is 0. The maximum atomic E-state index is 12.3. The minimum Gasteiger partial charge on any atom is -0.494 e. The molecule has 0 aliphatic rings. The molecule has 0 radical (unpaired) electrons. The summed E-state index contributed by atoms with van der Waals surface area (Å²) in [5.74, 6) is 0.252. The maximum Gasteiger partial charge on any atom is 0.253 e. The number of carbonyl (C=O) groups excluding carboxylic acids is 1. The van der Waals surface area contributed by atoms with Gasteiger partial charge in [0.25, 0.3) is 5.91 Å². The molecule has 1 heterocycles. The van der Waals surface area contributed by atoms with Crippen molar-refractivity contribution in [2.45, 2.75) is 19.8 Å². The van der Waals surface area contributed by atoms with E-state index >= 15 is 0 Å². The molecule has 144 valence electrons. The molecule has 0 fully saturated rings. The van der Waals surface area contributed by atoms with E-state index in [2.05, 4.69) is 17.3 Å². The van der Waals surface area contributed by atoms with Crippen LogP contribution in [0.25, 0.3) is 21.6 Å². The van der Waals surface area contributed by atoms with Crippen LogP contribution in [0.1, 0.15) is 18.9 Å². The van der Waals surface area contributed by atoms with Crippen LogP contribution in [0.3, 0.4) is 0 Å². The van der Waals surface area contributed by atoms with Crippen molar-refractivity contribution in [3.63, 3.8) is 0 Å². The van der Waals surface area contributed by atoms with Crippen LogP contribution < -0.4 is 16.2 Å². The van der Waals surface area contributed by atoms with Crippen molar-refractivity contribution in [1.29, 1.82) is 0 Å². The number of thiophene rings is 1. The molecule has 0 unspecified atom stereocenters. The van der Waals surface area contributed by atoms with E-state index in [9.17, 15) is 4.79 Å². The Balaban J connectivity index is 1.99. The molecule has 1 amide bonds. The number of ether oxygens (including phenoxy) is 1. The zero-order valence-corrected chi connectivity index (χ0v) is 16.5. The second-order valence-electron chi connectivity index (χ2n) is 6.30. The number of guanidine groups is 1. The van der Waals surface area contributed by atoms with Gasteiger partial charge in [-0.3, -0.25) is 4.79 Å². The lowest BCUT2D eigenvalue weighted by molar-refractivity contribution is -0.117. The molecular weight excluding hydrogens is 370 g/mol. The first-order valence-electron chi connectivity index (χ1n) is 9.10. The molecule has 0 saturated carbocycles. The number of amides is 1. The van der Waals surface area contributed by atoms with Crippen molar-refractivity contribution in [2.24, 2.45) is 16.5 Å². The summed E-state index contributed by atoms with van der Waals surface area (Å²) < 4.78 is 5.66. The smallest absolute Gasteiger partial charge is 0.253 e. The molecule has 28 heavy (non-hydrogen) atoms. The van der Waals surface area contributed by atoms with E-state index in [1.165, 1.54) is 0 Å². The standard InChI is InChI=1S/C22H23N3O2S/c1-2-12-27-17-10-8-15(9-11-17)19-14-28-21(16-6-4-3-5-7-16)18(19)13-20(26)25-22(23)24/h3-11,14H,2,12-13H2,1H3,(H4,23,24,25,26). The quantitative estimate of drug-likeness (QED) is 0.465. The van der Waals surface area contributed by atoms with E-state index in [0.717, 1.165) is 39.3 Å². The molecule has 0 aliphatic carbocycles. The molecule has 0 aliphatic heterocycles. The van der Waals surface area contributed by atoms with Gasteiger partial charge in [-0.1, -0.05) is 49.4 Å². The van der Waals surface area contributed by atoms with Crippen LogP contribution in [0.4, 0.5) is 0 Å². The highest BCUT2D eigenvalue weighted by molar-refractivity contribution is 7.14. The minimum absolute atomic E-state index is 0.134. The lowest BCUT2D eigenvalue weighted by Crippen LogP contribution is -2.24. The number of nitrogens with zero attached hydrogens (tertiary/aromatic N) is 1. The van der Waals surface area contributed by atoms with Gasteiger partial charge in [-0.15, -0.1) is 11.3 Å². The van der Waals surface area contributed by atoms with Crippen molar-refractivity contribution >= 4 is 23.2 Å². The highest BCUT2D eigenvalue weighted by atomic mass is 32.1. The van der Waals surface area contributed by atoms with Gasteiger partial charge in [0, 0.05) is 4.88 Å². The van der Waals surface area contributed by atoms with Gasteiger partial charge in [-0.2, -0.15) is 4.99 Å². The van der Waals surface area contributed by atoms with Crippen LogP contribution in [0.2, 0.25) is 0 Å². The van der Waals surface area contributed by atoms with Crippen LogP contribution in [0, 0.1) is 0 Å². The van der Waals surface area contributed by atoms with Gasteiger partial charge in [0.05, 0.1) is 13.0 Å². The molecule has 1 aromatic heterocycles. The van der Waals surface area contributed by atoms with Gasteiger partial charge in [0.1, 0.15) is 5.75 Å². The topological polar surface area (TPSA) is 90.7 Å². The second-order valence-corrected chi connectivity index (χ2v) is 7.18. The third-order valence-electron chi connectivity index (χ3n) is 4.15. The Morgan fingerprint density at radius 3 is 2.39 bits per heavy atom. The average molecular weight is 394 g/mol. The van der Waals surface area contributed by atoms with Crippen molar-refractivity contribution in [3.05, 3.63) is 65.5 Å². The van der Waals surface area contributed by atoms with E-state index in [-0.39, 0.29) is 18.3 Å². The molecule has 4 N–H and O–H groups in total. The second kappa shape index (κ2) is 9.19. The number of rotatable bonds is 7. The number of benzene rings is 2. The summed E-state index contributed by atoms with van der Waals surface area (Å²) >= 11 is 1.61. The predicted octanol–water partition coefficient (Wildman–Crippen LogP) is 4.21. The Hall–Kier alpha value is -3.12. The third-order valence-corrected chi connectivity index (χ3v) is 5.22. The summed E-state index contributed by atoms with van der Waals surface area (Å²) in [4.78, 5) is 17.0. The van der Waals surface area contributed by atoms with E-state index in [4.69, 9.17) is 16.2 Å². The summed E-state index contributed by atoms with van der Waals surface area (Å²) in [6.07, 6.45) is 1.10. The van der Waals surface area contributed by atoms with Crippen molar-refractivity contribution in [2.75, 3.05) is 6.61 Å². The highest BCUT2D eigenvalue weighted by Crippen LogP contribution is 2.39. The summed E-state index contributed by atoms with van der Waals surface area (Å²) in [5, 5.41) is 2.07. The number of carbonyl (C=O) groups is 1. The molecule has 0 spiro atoms. The van der Waals surface area contributed by atoms with Gasteiger partial charge in [0.15, 0.2) is 5.96 Å². The van der Waals surface area contributed by atoms with Crippen LogP contribution in [0.15, 0.2) is 65.0 Å². The number of nitrogens with two attached hydrogens (primary N) is 2. The van der Waals surface area contributed by atoms with Crippen LogP contribution in [-0.2, 0) is 11.2 Å². The highest BCUT2D eigenvalue weighted by Gasteiger charge is 2.18. The molecular formula is C22H23N3O2S. The fourth-order valence-electron chi connectivity index (χ4n) is 2.92. The molecule has 6 heteroatoms. The molecule has 5 nitrogen and oxygen atoms in total. The molecule has 0 saturated heterocycles. The van der Waals surface area contributed by atoms with E-state index < -0.39 is 0 Å². The summed E-state index contributed by atoms with van der Waals surface area (Å²) in [6.45, 7) is 2.76. The zero-order chi connectivity index (χ0) is 19.9. The van der Waals surface area contributed by atoms with Crippen molar-refractivity contribution < 1.29 is 9.53 Å². The fourth-order valence-corrected chi connectivity index (χ4v) is 4.03. The van der Waals surface area contributed by atoms with E-state index in [0.29, 0.717) is 6.61 Å². The minimum atomic E-state index is -0.361. The first-order chi connectivity index (χ1) is 13.6. The normalized spacial score (nSPS) is 10.5. The lowest BCUT2D eigenvalue weighted by Gasteiger charge is -2.09. The SMILES string of the molecule is CCCOc1ccc(-c2csc(-c3ccccc3)c2CC(=O)N=C(N)N)cc1. The van der Waals surface area contributed by atoms with Crippen molar-refractivity contribution in [3.8, 4) is 27.3 Å². The van der Waals surface area contributed by atoms with Gasteiger partial charge in [-0.25, -0.2) is 0 Å². The summed E-state index contributed by atoms with van der Waals surface area (Å²) in [5.41, 5.74) is 14.8. The largest absolute Gasteiger partial charge is 0.494 e. The molecule has 2 aromatic carbocycles. The maximum absolute atomic E-state index is 12.3. The number of aliphatic imine (C=N–C) groups is 1. The average Bonchev–Trinajstić information content (AvgIpc) is 3.10. The van der Waals surface area contributed by atoms with Gasteiger partial charge in [-0.05, 0) is 46.2 Å². The van der Waals surface area contributed by atoms with Crippen LogP contribution >= 0.6 is 11.3 Å². The van der Waals surface area contributed by atoms with Crippen LogP contribution in [-0.4, -0.2) is 18.5 Å². The molecule has 0 bridgehead atoms. The first-order valence-corrected chi connectivity index (χ1v) is 9.98. The zero-order valence-electron chi connectivity index (χ0n) is 15.7. The number of hydrogen-bond donors (Lipinski definition) is 2.